The van der Waals surface area contributed by atoms with Gasteiger partial charge in [0.1, 0.15) is 29.1 Å². The quantitative estimate of drug-likeness (QED) is 0.902. The first kappa shape index (κ1) is 14.2. The molecule has 2 aromatic rings. The zero-order valence-electron chi connectivity index (χ0n) is 11.6. The minimum absolute atomic E-state index is 0.229. The van der Waals surface area contributed by atoms with Crippen LogP contribution in [0.2, 0.25) is 0 Å². The molecule has 1 heterocycles. The molecule has 2 N–H and O–H groups in total. The lowest BCUT2D eigenvalue weighted by Gasteiger charge is -2.13. The second-order valence-corrected chi connectivity index (χ2v) is 4.43. The Morgan fingerprint density at radius 1 is 1.10 bits per heavy atom. The molecule has 0 amide bonds. The van der Waals surface area contributed by atoms with Crippen LogP contribution in [0, 0.1) is 25.5 Å². The summed E-state index contributed by atoms with van der Waals surface area (Å²) in [4.78, 5) is 8.53. The Labute approximate surface area is 116 Å². The lowest BCUT2D eigenvalue weighted by atomic mass is 10.2. The van der Waals surface area contributed by atoms with Crippen molar-refractivity contribution in [1.82, 2.24) is 9.97 Å². The molecule has 1 aromatic heterocycles. The zero-order chi connectivity index (χ0) is 14.7. The Hall–Kier alpha value is -2.24. The number of nitrogens with one attached hydrogen (secondary N) is 2. The summed E-state index contributed by atoms with van der Waals surface area (Å²) in [5.74, 6) is 0.805. The van der Waals surface area contributed by atoms with Gasteiger partial charge in [-0.15, -0.1) is 0 Å². The third kappa shape index (κ3) is 3.01. The summed E-state index contributed by atoms with van der Waals surface area (Å²) in [6.07, 6.45) is 0. The standard InChI is InChI=1S/C14H16F2N4/c1-8-13(17-3)19-9(2)20-14(8)18-7-10-4-5-11(15)6-12(10)16/h4-6H,7H2,1-3H3,(H2,17,18,19,20). The first-order valence-corrected chi connectivity index (χ1v) is 6.22. The topological polar surface area (TPSA) is 49.8 Å². The molecule has 0 aliphatic carbocycles. The lowest BCUT2D eigenvalue weighted by Crippen LogP contribution is -2.09. The third-order valence-corrected chi connectivity index (χ3v) is 2.96. The van der Waals surface area contributed by atoms with Crippen LogP contribution >= 0.6 is 0 Å². The molecule has 0 bridgehead atoms. The Balaban J connectivity index is 2.20. The first-order chi connectivity index (χ1) is 9.51. The van der Waals surface area contributed by atoms with E-state index in [2.05, 4.69) is 20.6 Å². The van der Waals surface area contributed by atoms with E-state index in [0.717, 1.165) is 17.4 Å². The van der Waals surface area contributed by atoms with E-state index in [1.54, 1.807) is 14.0 Å². The van der Waals surface area contributed by atoms with Crippen molar-refractivity contribution in [1.29, 1.82) is 0 Å². The molecular weight excluding hydrogens is 262 g/mol. The summed E-state index contributed by atoms with van der Waals surface area (Å²) in [6.45, 7) is 3.88. The molecule has 0 radical (unpaired) electrons. The summed E-state index contributed by atoms with van der Waals surface area (Å²) in [7, 11) is 1.78. The van der Waals surface area contributed by atoms with E-state index in [1.165, 1.54) is 12.1 Å². The molecule has 0 spiro atoms. The SMILES string of the molecule is CNc1nc(C)nc(NCc2ccc(F)cc2F)c1C. The van der Waals surface area contributed by atoms with Crippen LogP contribution < -0.4 is 10.6 Å². The minimum atomic E-state index is -0.585. The molecule has 106 valence electrons. The number of anilines is 2. The highest BCUT2D eigenvalue weighted by Crippen LogP contribution is 2.20. The Bertz CT molecular complexity index is 629. The van der Waals surface area contributed by atoms with E-state index >= 15 is 0 Å². The van der Waals surface area contributed by atoms with Crippen molar-refractivity contribution in [3.63, 3.8) is 0 Å². The Morgan fingerprint density at radius 3 is 2.45 bits per heavy atom. The number of hydrogen-bond donors (Lipinski definition) is 2. The molecule has 0 saturated carbocycles. The molecular formula is C14H16F2N4. The van der Waals surface area contributed by atoms with Gasteiger partial charge in [-0.3, -0.25) is 0 Å². The van der Waals surface area contributed by atoms with Gasteiger partial charge in [0.15, 0.2) is 0 Å². The number of halogens is 2. The van der Waals surface area contributed by atoms with Crippen LogP contribution in [-0.2, 0) is 6.54 Å². The monoisotopic (exact) mass is 278 g/mol. The van der Waals surface area contributed by atoms with Gasteiger partial charge in [0.2, 0.25) is 0 Å². The van der Waals surface area contributed by atoms with Crippen molar-refractivity contribution in [3.05, 3.63) is 46.8 Å². The van der Waals surface area contributed by atoms with Crippen LogP contribution in [0.5, 0.6) is 0 Å². The van der Waals surface area contributed by atoms with Crippen LogP contribution in [0.3, 0.4) is 0 Å². The molecule has 0 unspecified atom stereocenters. The van der Waals surface area contributed by atoms with Gasteiger partial charge in [-0.1, -0.05) is 6.07 Å². The number of nitrogens with zero attached hydrogens (tertiary/aromatic N) is 2. The second kappa shape index (κ2) is 5.81. The lowest BCUT2D eigenvalue weighted by molar-refractivity contribution is 0.574. The minimum Gasteiger partial charge on any atom is -0.373 e. The Kier molecular flexibility index (Phi) is 4.12. The predicted octanol–water partition coefficient (Wildman–Crippen LogP) is 3.03. The highest BCUT2D eigenvalue weighted by atomic mass is 19.1. The maximum absolute atomic E-state index is 13.6. The fraction of sp³-hybridized carbons (Fsp3) is 0.286. The fourth-order valence-electron chi connectivity index (χ4n) is 1.89. The normalized spacial score (nSPS) is 10.4. The Morgan fingerprint density at radius 2 is 1.80 bits per heavy atom. The summed E-state index contributed by atoms with van der Waals surface area (Å²) < 4.78 is 26.4. The summed E-state index contributed by atoms with van der Waals surface area (Å²) >= 11 is 0. The van der Waals surface area contributed by atoms with Crippen LogP contribution in [0.15, 0.2) is 18.2 Å². The van der Waals surface area contributed by atoms with Crippen LogP contribution in [0.1, 0.15) is 17.0 Å². The summed E-state index contributed by atoms with van der Waals surface area (Å²) in [5.41, 5.74) is 1.23. The van der Waals surface area contributed by atoms with Crippen LogP contribution in [0.25, 0.3) is 0 Å². The van der Waals surface area contributed by atoms with Gasteiger partial charge in [0, 0.05) is 30.8 Å². The molecule has 0 aliphatic heterocycles. The molecule has 0 aliphatic rings. The molecule has 0 saturated heterocycles. The van der Waals surface area contributed by atoms with Gasteiger partial charge in [-0.05, 0) is 19.9 Å². The van der Waals surface area contributed by atoms with Crippen molar-refractivity contribution in [3.8, 4) is 0 Å². The fourth-order valence-corrected chi connectivity index (χ4v) is 1.89. The molecule has 1 aromatic carbocycles. The second-order valence-electron chi connectivity index (χ2n) is 4.43. The van der Waals surface area contributed by atoms with E-state index in [0.29, 0.717) is 17.2 Å². The molecule has 20 heavy (non-hydrogen) atoms. The highest BCUT2D eigenvalue weighted by Gasteiger charge is 2.09. The van der Waals surface area contributed by atoms with Crippen molar-refractivity contribution in [2.75, 3.05) is 17.7 Å². The summed E-state index contributed by atoms with van der Waals surface area (Å²) in [6, 6.07) is 3.52. The van der Waals surface area contributed by atoms with Crippen molar-refractivity contribution >= 4 is 11.6 Å². The van der Waals surface area contributed by atoms with Gasteiger partial charge < -0.3 is 10.6 Å². The predicted molar refractivity (Wildman–Crippen MR) is 74.7 cm³/mol. The van der Waals surface area contributed by atoms with Crippen molar-refractivity contribution < 1.29 is 8.78 Å². The van der Waals surface area contributed by atoms with Gasteiger partial charge in [0.05, 0.1) is 0 Å². The van der Waals surface area contributed by atoms with Crippen LogP contribution in [0.4, 0.5) is 20.4 Å². The number of aromatic nitrogens is 2. The van der Waals surface area contributed by atoms with Gasteiger partial charge in [0.25, 0.3) is 0 Å². The van der Waals surface area contributed by atoms with Crippen molar-refractivity contribution in [2.45, 2.75) is 20.4 Å². The van der Waals surface area contributed by atoms with E-state index in [1.807, 2.05) is 6.92 Å². The number of hydrogen-bond acceptors (Lipinski definition) is 4. The first-order valence-electron chi connectivity index (χ1n) is 6.22. The molecule has 0 fully saturated rings. The van der Waals surface area contributed by atoms with Crippen molar-refractivity contribution in [2.24, 2.45) is 0 Å². The maximum atomic E-state index is 13.6. The summed E-state index contributed by atoms with van der Waals surface area (Å²) in [5, 5.41) is 6.03. The molecule has 4 nitrogen and oxygen atoms in total. The number of rotatable bonds is 4. The van der Waals surface area contributed by atoms with E-state index < -0.39 is 11.6 Å². The molecule has 6 heteroatoms. The van der Waals surface area contributed by atoms with E-state index in [-0.39, 0.29) is 6.54 Å². The van der Waals surface area contributed by atoms with E-state index in [9.17, 15) is 8.78 Å². The maximum Gasteiger partial charge on any atom is 0.135 e. The van der Waals surface area contributed by atoms with Gasteiger partial charge in [-0.25, -0.2) is 18.7 Å². The average molecular weight is 278 g/mol. The third-order valence-electron chi connectivity index (χ3n) is 2.96. The smallest absolute Gasteiger partial charge is 0.135 e. The zero-order valence-corrected chi connectivity index (χ0v) is 11.6. The molecule has 2 rings (SSSR count). The van der Waals surface area contributed by atoms with Crippen LogP contribution in [-0.4, -0.2) is 17.0 Å². The average Bonchev–Trinajstić information content (AvgIpc) is 2.41. The number of aryl methyl sites for hydroxylation is 1. The van der Waals surface area contributed by atoms with Gasteiger partial charge >= 0.3 is 0 Å². The van der Waals surface area contributed by atoms with Gasteiger partial charge in [-0.2, -0.15) is 0 Å². The largest absolute Gasteiger partial charge is 0.373 e. The van der Waals surface area contributed by atoms with E-state index in [4.69, 9.17) is 0 Å². The molecule has 0 atom stereocenters. The number of benzene rings is 1. The highest BCUT2D eigenvalue weighted by molar-refractivity contribution is 5.57.